The Morgan fingerprint density at radius 2 is 1.17 bits per heavy atom. The minimum absolute atomic E-state index is 0.864. The molecule has 2 aromatic carbocycles. The molecule has 0 amide bonds. The molecule has 3 nitrogen and oxygen atoms in total. The molecule has 3 aromatic heterocycles. The van der Waals surface area contributed by atoms with Gasteiger partial charge in [-0.3, -0.25) is 0 Å². The lowest BCUT2D eigenvalue weighted by Crippen LogP contribution is -2.17. The van der Waals surface area contributed by atoms with Crippen LogP contribution in [0.5, 0.6) is 0 Å². The number of fused-ring (bicyclic) bond motifs is 2. The smallest absolute Gasteiger partial charge is 0.142 e. The van der Waals surface area contributed by atoms with Crippen LogP contribution in [0.15, 0.2) is 92.3 Å². The highest BCUT2D eigenvalue weighted by Crippen LogP contribution is 2.37. The molecule has 5 rings (SSSR count). The Balaban J connectivity index is 1.72. The average molecular weight is 332 g/mol. The predicted molar refractivity (Wildman–Crippen MR) is 97.0 cm³/mol. The molecule has 0 fully saturated rings. The lowest BCUT2D eigenvalue weighted by molar-refractivity contribution is 0.599. The second kappa shape index (κ2) is 5.40. The minimum atomic E-state index is -1.00. The van der Waals surface area contributed by atoms with Crippen LogP contribution in [0.1, 0.15) is 0 Å². The standard InChI is InChI=1S/C20H13O3P/c1-3-8-16-14(6-1)12-19(22-16)24(18-10-5-11-21-18)20-13-15-7-2-4-9-17(15)23-20/h1-13H. The van der Waals surface area contributed by atoms with Crippen LogP contribution in [0.3, 0.4) is 0 Å². The number of para-hydroxylation sites is 2. The van der Waals surface area contributed by atoms with Crippen molar-refractivity contribution in [3.05, 3.63) is 79.1 Å². The molecule has 24 heavy (non-hydrogen) atoms. The van der Waals surface area contributed by atoms with Crippen molar-refractivity contribution in [3.8, 4) is 0 Å². The Morgan fingerprint density at radius 3 is 1.67 bits per heavy atom. The first-order chi connectivity index (χ1) is 11.9. The predicted octanol–water partition coefficient (Wildman–Crippen LogP) is 4.53. The van der Waals surface area contributed by atoms with E-state index in [0.717, 1.165) is 38.4 Å². The first kappa shape index (κ1) is 13.6. The van der Waals surface area contributed by atoms with Gasteiger partial charge in [0.25, 0.3) is 0 Å². The van der Waals surface area contributed by atoms with E-state index in [1.807, 2.05) is 48.5 Å². The second-order valence-corrected chi connectivity index (χ2v) is 7.52. The van der Waals surface area contributed by atoms with Crippen LogP contribution >= 0.6 is 7.92 Å². The molecule has 4 heteroatoms. The van der Waals surface area contributed by atoms with E-state index in [0.29, 0.717) is 0 Å². The van der Waals surface area contributed by atoms with Gasteiger partial charge in [-0.15, -0.1) is 0 Å². The summed E-state index contributed by atoms with van der Waals surface area (Å²) in [5, 5.41) is 2.17. The van der Waals surface area contributed by atoms with Crippen molar-refractivity contribution < 1.29 is 13.3 Å². The molecule has 5 aromatic rings. The van der Waals surface area contributed by atoms with Crippen LogP contribution in [-0.2, 0) is 0 Å². The summed E-state index contributed by atoms with van der Waals surface area (Å²) in [6.07, 6.45) is 1.69. The Bertz CT molecular complexity index is 978. The van der Waals surface area contributed by atoms with Crippen molar-refractivity contribution in [2.24, 2.45) is 0 Å². The van der Waals surface area contributed by atoms with Crippen LogP contribution in [0.25, 0.3) is 21.9 Å². The quantitative estimate of drug-likeness (QED) is 0.456. The van der Waals surface area contributed by atoms with E-state index in [-0.39, 0.29) is 0 Å². The van der Waals surface area contributed by atoms with Gasteiger partial charge < -0.3 is 13.3 Å². The molecule has 0 spiro atoms. The molecule has 116 valence electrons. The van der Waals surface area contributed by atoms with Crippen LogP contribution < -0.4 is 16.5 Å². The van der Waals surface area contributed by atoms with E-state index in [1.54, 1.807) is 6.26 Å². The highest BCUT2D eigenvalue weighted by molar-refractivity contribution is 7.78. The monoisotopic (exact) mass is 332 g/mol. The summed E-state index contributed by atoms with van der Waals surface area (Å²) in [5.41, 5.74) is 4.37. The number of benzene rings is 2. The molecule has 3 heterocycles. The van der Waals surface area contributed by atoms with E-state index in [1.165, 1.54) is 0 Å². The molecule has 0 N–H and O–H groups in total. The summed E-state index contributed by atoms with van der Waals surface area (Å²) in [6.45, 7) is 0. The van der Waals surface area contributed by atoms with Gasteiger partial charge in [0.05, 0.1) is 6.26 Å². The summed E-state index contributed by atoms with van der Waals surface area (Å²) in [4.78, 5) is 0. The average Bonchev–Trinajstić information content (AvgIpc) is 3.34. The zero-order chi connectivity index (χ0) is 15.9. The normalized spacial score (nSPS) is 11.7. The maximum atomic E-state index is 6.11. The summed E-state index contributed by atoms with van der Waals surface area (Å²) < 4.78 is 17.9. The minimum Gasteiger partial charge on any atom is -0.464 e. The third-order valence-corrected chi connectivity index (χ3v) is 6.01. The fourth-order valence-corrected chi connectivity index (χ4v) is 4.85. The zero-order valence-corrected chi connectivity index (χ0v) is 13.6. The van der Waals surface area contributed by atoms with E-state index in [4.69, 9.17) is 13.3 Å². The van der Waals surface area contributed by atoms with Crippen molar-refractivity contribution >= 4 is 46.4 Å². The highest BCUT2D eigenvalue weighted by Gasteiger charge is 2.27. The van der Waals surface area contributed by atoms with Crippen molar-refractivity contribution in [2.75, 3.05) is 0 Å². The molecule has 0 saturated carbocycles. The Labute approximate surface area is 139 Å². The molecule has 0 aliphatic heterocycles. The van der Waals surface area contributed by atoms with Crippen molar-refractivity contribution in [1.82, 2.24) is 0 Å². The molecular weight excluding hydrogens is 319 g/mol. The maximum absolute atomic E-state index is 6.11. The zero-order valence-electron chi connectivity index (χ0n) is 12.7. The van der Waals surface area contributed by atoms with Crippen LogP contribution in [0.4, 0.5) is 0 Å². The molecular formula is C20H13O3P. The van der Waals surface area contributed by atoms with Gasteiger partial charge in [-0.25, -0.2) is 0 Å². The van der Waals surface area contributed by atoms with Gasteiger partial charge in [-0.1, -0.05) is 36.4 Å². The van der Waals surface area contributed by atoms with Crippen LogP contribution in [0.2, 0.25) is 0 Å². The van der Waals surface area contributed by atoms with Gasteiger partial charge in [0.2, 0.25) is 0 Å². The Morgan fingerprint density at radius 1 is 0.583 bits per heavy atom. The van der Waals surface area contributed by atoms with Crippen LogP contribution in [0, 0.1) is 0 Å². The van der Waals surface area contributed by atoms with Crippen LogP contribution in [-0.4, -0.2) is 0 Å². The lowest BCUT2D eigenvalue weighted by atomic mass is 10.3. The molecule has 0 aliphatic carbocycles. The second-order valence-electron chi connectivity index (χ2n) is 5.53. The number of hydrogen-bond acceptors (Lipinski definition) is 3. The van der Waals surface area contributed by atoms with Gasteiger partial charge in [0, 0.05) is 10.8 Å². The third kappa shape index (κ3) is 2.17. The van der Waals surface area contributed by atoms with Crippen molar-refractivity contribution in [3.63, 3.8) is 0 Å². The lowest BCUT2D eigenvalue weighted by Gasteiger charge is -2.08. The number of furan rings is 3. The van der Waals surface area contributed by atoms with Crippen molar-refractivity contribution in [1.29, 1.82) is 0 Å². The van der Waals surface area contributed by atoms with Gasteiger partial charge in [0.15, 0.2) is 0 Å². The molecule has 0 unspecified atom stereocenters. The number of hydrogen-bond donors (Lipinski definition) is 0. The first-order valence-corrected chi connectivity index (χ1v) is 9.03. The fourth-order valence-electron chi connectivity index (χ4n) is 2.88. The molecule has 0 aliphatic rings. The van der Waals surface area contributed by atoms with Gasteiger partial charge in [-0.2, -0.15) is 0 Å². The molecule has 0 radical (unpaired) electrons. The van der Waals surface area contributed by atoms with E-state index < -0.39 is 7.92 Å². The summed E-state index contributed by atoms with van der Waals surface area (Å²) in [6, 6.07) is 24.1. The van der Waals surface area contributed by atoms with Crippen molar-refractivity contribution in [2.45, 2.75) is 0 Å². The van der Waals surface area contributed by atoms with E-state index >= 15 is 0 Å². The highest BCUT2D eigenvalue weighted by atomic mass is 31.1. The summed E-state index contributed by atoms with van der Waals surface area (Å²) in [7, 11) is -1.00. The Kier molecular flexibility index (Phi) is 3.07. The fraction of sp³-hybridized carbons (Fsp3) is 0. The summed E-state index contributed by atoms with van der Waals surface area (Å²) >= 11 is 0. The van der Waals surface area contributed by atoms with Gasteiger partial charge in [-0.05, 0) is 36.4 Å². The largest absolute Gasteiger partial charge is 0.464 e. The number of rotatable bonds is 3. The molecule has 0 atom stereocenters. The Hall–Kier alpha value is -2.77. The summed E-state index contributed by atoms with van der Waals surface area (Å²) in [5.74, 6) is 0. The topological polar surface area (TPSA) is 39.4 Å². The maximum Gasteiger partial charge on any atom is 0.142 e. The van der Waals surface area contributed by atoms with E-state index in [9.17, 15) is 0 Å². The molecule has 0 saturated heterocycles. The van der Waals surface area contributed by atoms with Gasteiger partial charge >= 0.3 is 0 Å². The van der Waals surface area contributed by atoms with Gasteiger partial charge in [0.1, 0.15) is 35.6 Å². The third-order valence-electron chi connectivity index (χ3n) is 3.99. The van der Waals surface area contributed by atoms with E-state index in [2.05, 4.69) is 24.3 Å². The molecule has 0 bridgehead atoms. The SMILES string of the molecule is c1coc(P(c2cc3ccccc3o2)c2cc3ccccc3o2)c1. The first-order valence-electron chi connectivity index (χ1n) is 7.69.